The normalized spacial score (nSPS) is 17.1. The Hall–Kier alpha value is -2.04. The fourth-order valence-corrected chi connectivity index (χ4v) is 2.74. The first-order valence-corrected chi connectivity index (χ1v) is 7.10. The number of rotatable bonds is 5. The quantitative estimate of drug-likeness (QED) is 0.901. The number of hydrogen-bond donors (Lipinski definition) is 1. The van der Waals surface area contributed by atoms with Gasteiger partial charge < -0.3 is 14.8 Å². The Labute approximate surface area is 124 Å². The van der Waals surface area contributed by atoms with Crippen molar-refractivity contribution in [2.75, 3.05) is 21.3 Å². The minimum absolute atomic E-state index is 0.0269. The lowest BCUT2D eigenvalue weighted by Gasteiger charge is -2.24. The molecule has 21 heavy (non-hydrogen) atoms. The molecule has 114 valence electrons. The molecule has 0 bridgehead atoms. The van der Waals surface area contributed by atoms with E-state index in [-0.39, 0.29) is 17.6 Å². The van der Waals surface area contributed by atoms with Gasteiger partial charge in [0, 0.05) is 24.9 Å². The van der Waals surface area contributed by atoms with Gasteiger partial charge in [-0.3, -0.25) is 9.59 Å². The number of amides is 1. The van der Waals surface area contributed by atoms with Crippen LogP contribution in [0.25, 0.3) is 0 Å². The molecule has 1 aliphatic carbocycles. The zero-order valence-electron chi connectivity index (χ0n) is 12.7. The molecule has 1 amide bonds. The van der Waals surface area contributed by atoms with Gasteiger partial charge in [0.05, 0.1) is 14.2 Å². The average Bonchev–Trinajstić information content (AvgIpc) is 2.52. The molecule has 1 unspecified atom stereocenters. The predicted octanol–water partition coefficient (Wildman–Crippen LogP) is 1.98. The van der Waals surface area contributed by atoms with Crippen molar-refractivity contribution >= 4 is 11.7 Å². The highest BCUT2D eigenvalue weighted by Crippen LogP contribution is 2.36. The maximum Gasteiger partial charge on any atom is 0.219 e. The molecule has 0 saturated heterocycles. The Morgan fingerprint density at radius 1 is 1.29 bits per heavy atom. The van der Waals surface area contributed by atoms with E-state index in [1.165, 1.54) is 0 Å². The van der Waals surface area contributed by atoms with Crippen molar-refractivity contribution < 1.29 is 19.1 Å². The fourth-order valence-electron chi connectivity index (χ4n) is 2.74. The van der Waals surface area contributed by atoms with Gasteiger partial charge in [-0.2, -0.15) is 0 Å². The summed E-state index contributed by atoms with van der Waals surface area (Å²) < 4.78 is 10.5. The van der Waals surface area contributed by atoms with Gasteiger partial charge in [-0.1, -0.05) is 0 Å². The number of aryl methyl sites for hydroxylation is 1. The van der Waals surface area contributed by atoms with Crippen LogP contribution in [0.4, 0.5) is 0 Å². The van der Waals surface area contributed by atoms with E-state index >= 15 is 0 Å². The molecule has 1 atom stereocenters. The summed E-state index contributed by atoms with van der Waals surface area (Å²) in [4.78, 5) is 23.9. The number of ether oxygens (including phenoxy) is 2. The number of Topliss-reactive ketones (excluding diaryl/α,β-unsaturated/α-hetero) is 1. The molecule has 0 aromatic heterocycles. The first-order chi connectivity index (χ1) is 10.1. The van der Waals surface area contributed by atoms with Crippen molar-refractivity contribution in [3.63, 3.8) is 0 Å². The summed E-state index contributed by atoms with van der Waals surface area (Å²) in [6.07, 6.45) is 2.57. The standard InChI is InChI=1S/C16H21NO4/c1-17-15(18)7-6-10-4-5-11-8-13(20-2)14(21-3)9-12(11)16(10)19/h8-10H,4-7H2,1-3H3,(H,17,18). The first kappa shape index (κ1) is 15.4. The van der Waals surface area contributed by atoms with E-state index in [0.29, 0.717) is 29.9 Å². The monoisotopic (exact) mass is 291 g/mol. The van der Waals surface area contributed by atoms with Gasteiger partial charge in [0.25, 0.3) is 0 Å². The Morgan fingerprint density at radius 2 is 1.95 bits per heavy atom. The summed E-state index contributed by atoms with van der Waals surface area (Å²) in [5.41, 5.74) is 1.69. The Kier molecular flexibility index (Phi) is 4.83. The number of methoxy groups -OCH3 is 2. The zero-order chi connectivity index (χ0) is 15.4. The maximum absolute atomic E-state index is 12.6. The molecule has 0 saturated carbocycles. The molecule has 0 spiro atoms. The van der Waals surface area contributed by atoms with E-state index < -0.39 is 0 Å². The molecule has 1 aromatic carbocycles. The Bertz CT molecular complexity index is 553. The van der Waals surface area contributed by atoms with Crippen LogP contribution >= 0.6 is 0 Å². The lowest BCUT2D eigenvalue weighted by molar-refractivity contribution is -0.120. The number of nitrogens with one attached hydrogen (secondary N) is 1. The number of fused-ring (bicyclic) bond motifs is 1. The lowest BCUT2D eigenvalue weighted by Crippen LogP contribution is -2.25. The largest absolute Gasteiger partial charge is 0.493 e. The summed E-state index contributed by atoms with van der Waals surface area (Å²) in [5, 5.41) is 2.59. The van der Waals surface area contributed by atoms with Crippen LogP contribution in [0.1, 0.15) is 35.2 Å². The van der Waals surface area contributed by atoms with Crippen molar-refractivity contribution in [3.8, 4) is 11.5 Å². The number of carbonyl (C=O) groups is 2. The second-order valence-electron chi connectivity index (χ2n) is 5.18. The smallest absolute Gasteiger partial charge is 0.219 e. The van der Waals surface area contributed by atoms with Gasteiger partial charge in [-0.15, -0.1) is 0 Å². The van der Waals surface area contributed by atoms with E-state index in [2.05, 4.69) is 5.32 Å². The summed E-state index contributed by atoms with van der Waals surface area (Å²) in [7, 11) is 4.75. The van der Waals surface area contributed by atoms with Crippen molar-refractivity contribution in [1.29, 1.82) is 0 Å². The maximum atomic E-state index is 12.6. The van der Waals surface area contributed by atoms with E-state index in [9.17, 15) is 9.59 Å². The third kappa shape index (κ3) is 3.17. The highest BCUT2D eigenvalue weighted by atomic mass is 16.5. The summed E-state index contributed by atoms with van der Waals surface area (Å²) in [6.45, 7) is 0. The molecule has 5 nitrogen and oxygen atoms in total. The van der Waals surface area contributed by atoms with Crippen LogP contribution in [0, 0.1) is 5.92 Å². The number of hydrogen-bond acceptors (Lipinski definition) is 4. The minimum Gasteiger partial charge on any atom is -0.493 e. The summed E-state index contributed by atoms with van der Waals surface area (Å²) in [6, 6.07) is 3.63. The third-order valence-electron chi connectivity index (χ3n) is 4.01. The number of ketones is 1. The predicted molar refractivity (Wildman–Crippen MR) is 79.0 cm³/mol. The van der Waals surface area contributed by atoms with Crippen molar-refractivity contribution in [2.24, 2.45) is 5.92 Å². The van der Waals surface area contributed by atoms with Crippen LogP contribution in [0.15, 0.2) is 12.1 Å². The van der Waals surface area contributed by atoms with Gasteiger partial charge in [-0.25, -0.2) is 0 Å². The molecular weight excluding hydrogens is 270 g/mol. The van der Waals surface area contributed by atoms with Crippen molar-refractivity contribution in [2.45, 2.75) is 25.7 Å². The average molecular weight is 291 g/mol. The molecule has 0 fully saturated rings. The van der Waals surface area contributed by atoms with E-state index in [1.807, 2.05) is 6.07 Å². The Balaban J connectivity index is 2.20. The molecular formula is C16H21NO4. The van der Waals surface area contributed by atoms with Crippen LogP contribution in [0.3, 0.4) is 0 Å². The second-order valence-corrected chi connectivity index (χ2v) is 5.18. The fraction of sp³-hybridized carbons (Fsp3) is 0.500. The number of carbonyl (C=O) groups excluding carboxylic acids is 2. The van der Waals surface area contributed by atoms with Crippen LogP contribution in [0.5, 0.6) is 11.5 Å². The lowest BCUT2D eigenvalue weighted by atomic mass is 9.80. The SMILES string of the molecule is CNC(=O)CCC1CCc2cc(OC)c(OC)cc2C1=O. The van der Waals surface area contributed by atoms with Crippen molar-refractivity contribution in [1.82, 2.24) is 5.32 Å². The van der Waals surface area contributed by atoms with Crippen molar-refractivity contribution in [3.05, 3.63) is 23.3 Å². The van der Waals surface area contributed by atoms with Gasteiger partial charge in [0.2, 0.25) is 5.91 Å². The third-order valence-corrected chi connectivity index (χ3v) is 4.01. The molecule has 0 radical (unpaired) electrons. The molecule has 0 heterocycles. The molecule has 1 aliphatic rings. The van der Waals surface area contributed by atoms with Gasteiger partial charge in [0.15, 0.2) is 17.3 Å². The number of benzene rings is 1. The van der Waals surface area contributed by atoms with E-state index in [4.69, 9.17) is 9.47 Å². The van der Waals surface area contributed by atoms with E-state index in [0.717, 1.165) is 18.4 Å². The Morgan fingerprint density at radius 3 is 2.57 bits per heavy atom. The van der Waals surface area contributed by atoms with E-state index in [1.54, 1.807) is 27.3 Å². The highest BCUT2D eigenvalue weighted by molar-refractivity contribution is 6.01. The van der Waals surface area contributed by atoms with Crippen LogP contribution < -0.4 is 14.8 Å². The zero-order valence-corrected chi connectivity index (χ0v) is 12.7. The summed E-state index contributed by atoms with van der Waals surface area (Å²) >= 11 is 0. The minimum atomic E-state index is -0.0899. The molecule has 2 rings (SSSR count). The molecule has 1 N–H and O–H groups in total. The van der Waals surface area contributed by atoms with Crippen LogP contribution in [0.2, 0.25) is 0 Å². The molecule has 0 aliphatic heterocycles. The van der Waals surface area contributed by atoms with Gasteiger partial charge in [-0.05, 0) is 37.0 Å². The summed E-state index contributed by atoms with van der Waals surface area (Å²) in [5.74, 6) is 1.19. The van der Waals surface area contributed by atoms with Gasteiger partial charge in [0.1, 0.15) is 0 Å². The topological polar surface area (TPSA) is 64.6 Å². The second kappa shape index (κ2) is 6.61. The van der Waals surface area contributed by atoms with Crippen LogP contribution in [-0.4, -0.2) is 33.0 Å². The van der Waals surface area contributed by atoms with Gasteiger partial charge >= 0.3 is 0 Å². The highest BCUT2D eigenvalue weighted by Gasteiger charge is 2.29. The molecule has 5 heteroatoms. The first-order valence-electron chi connectivity index (χ1n) is 7.10. The van der Waals surface area contributed by atoms with Crippen LogP contribution in [-0.2, 0) is 11.2 Å². The molecule has 1 aromatic rings.